The summed E-state index contributed by atoms with van der Waals surface area (Å²) in [4.78, 5) is 28.5. The number of nitrogens with one attached hydrogen (secondary N) is 1. The number of rotatable bonds is 12. The molecule has 7 nitrogen and oxygen atoms in total. The van der Waals surface area contributed by atoms with Gasteiger partial charge >= 0.3 is 0 Å². The molecule has 0 aliphatic heterocycles. The Morgan fingerprint density at radius 1 is 1.03 bits per heavy atom. The van der Waals surface area contributed by atoms with Crippen LogP contribution in [0.1, 0.15) is 68.6 Å². The highest BCUT2D eigenvalue weighted by molar-refractivity contribution is 7.92. The van der Waals surface area contributed by atoms with Crippen LogP contribution >= 0.6 is 0 Å². The van der Waals surface area contributed by atoms with Gasteiger partial charge in [0.05, 0.1) is 11.9 Å². The minimum absolute atomic E-state index is 0.104. The standard InChI is InChI=1S/C29H41N3O4S/c1-5-26(29(34)30-25-12-7-8-13-25)31(21-24-18-16-22(2)17-19-24)28(33)15-10-20-32(37(4,35)36)27-14-9-6-11-23(27)3/h6,9,11,14,16-19,25-26H,5,7-8,10,12-13,15,20-21H2,1-4H3,(H,30,34)/t26-/m1/s1. The van der Waals surface area contributed by atoms with Crippen LogP contribution in [0.3, 0.4) is 0 Å². The van der Waals surface area contributed by atoms with Gasteiger partial charge < -0.3 is 10.2 Å². The molecular weight excluding hydrogens is 486 g/mol. The topological polar surface area (TPSA) is 86.8 Å². The van der Waals surface area contributed by atoms with Gasteiger partial charge in [-0.1, -0.05) is 67.8 Å². The number of carbonyl (C=O) groups is 2. The number of nitrogens with zero attached hydrogens (tertiary/aromatic N) is 2. The molecule has 0 bridgehead atoms. The Morgan fingerprint density at radius 2 is 1.68 bits per heavy atom. The van der Waals surface area contributed by atoms with Crippen LogP contribution in [-0.4, -0.2) is 50.0 Å². The lowest BCUT2D eigenvalue weighted by Gasteiger charge is -2.32. The van der Waals surface area contributed by atoms with Crippen LogP contribution in [-0.2, 0) is 26.2 Å². The molecule has 2 aromatic rings. The quantitative estimate of drug-likeness (QED) is 0.433. The third kappa shape index (κ3) is 8.06. The monoisotopic (exact) mass is 527 g/mol. The Hall–Kier alpha value is -2.87. The summed E-state index contributed by atoms with van der Waals surface area (Å²) in [5.74, 6) is -0.250. The average Bonchev–Trinajstić information content (AvgIpc) is 3.36. The summed E-state index contributed by atoms with van der Waals surface area (Å²) in [6.45, 7) is 6.34. The van der Waals surface area contributed by atoms with Crippen LogP contribution in [0.25, 0.3) is 0 Å². The molecule has 0 unspecified atom stereocenters. The Bertz CT molecular complexity index is 1160. The highest BCUT2D eigenvalue weighted by atomic mass is 32.2. The Labute approximate surface area is 222 Å². The molecule has 1 N–H and O–H groups in total. The van der Waals surface area contributed by atoms with Crippen molar-refractivity contribution in [1.29, 1.82) is 0 Å². The van der Waals surface area contributed by atoms with Crippen LogP contribution in [0.4, 0.5) is 5.69 Å². The second-order valence-electron chi connectivity index (χ2n) is 10.1. The van der Waals surface area contributed by atoms with Gasteiger partial charge in [0.2, 0.25) is 21.8 Å². The molecule has 1 fully saturated rings. The van der Waals surface area contributed by atoms with Gasteiger partial charge in [0, 0.05) is 25.6 Å². The molecule has 37 heavy (non-hydrogen) atoms. The molecule has 1 aliphatic rings. The molecule has 1 aliphatic carbocycles. The van der Waals surface area contributed by atoms with Crippen molar-refractivity contribution in [3.05, 3.63) is 65.2 Å². The zero-order valence-electron chi connectivity index (χ0n) is 22.6. The number of sulfonamides is 1. The molecule has 1 saturated carbocycles. The molecule has 1 atom stereocenters. The maximum absolute atomic E-state index is 13.6. The summed E-state index contributed by atoms with van der Waals surface area (Å²) in [6.07, 6.45) is 6.39. The molecule has 0 spiro atoms. The molecule has 202 valence electrons. The van der Waals surface area contributed by atoms with E-state index in [9.17, 15) is 18.0 Å². The third-order valence-corrected chi connectivity index (χ3v) is 8.28. The first-order valence-corrected chi connectivity index (χ1v) is 15.1. The normalized spacial score (nSPS) is 14.8. The van der Waals surface area contributed by atoms with Gasteiger partial charge in [-0.15, -0.1) is 0 Å². The van der Waals surface area contributed by atoms with Crippen molar-refractivity contribution in [1.82, 2.24) is 10.2 Å². The summed E-state index contributed by atoms with van der Waals surface area (Å²) in [6, 6.07) is 14.9. The van der Waals surface area contributed by atoms with Crippen molar-refractivity contribution in [3.8, 4) is 0 Å². The summed E-state index contributed by atoms with van der Waals surface area (Å²) >= 11 is 0. The number of para-hydroxylation sites is 1. The molecule has 0 radical (unpaired) electrons. The van der Waals surface area contributed by atoms with Gasteiger partial charge in [0.25, 0.3) is 0 Å². The highest BCUT2D eigenvalue weighted by Gasteiger charge is 2.30. The predicted octanol–water partition coefficient (Wildman–Crippen LogP) is 4.72. The van der Waals surface area contributed by atoms with Crippen LogP contribution in [0.5, 0.6) is 0 Å². The van der Waals surface area contributed by atoms with Gasteiger partial charge in [-0.3, -0.25) is 13.9 Å². The summed E-state index contributed by atoms with van der Waals surface area (Å²) in [5, 5.41) is 3.16. The summed E-state index contributed by atoms with van der Waals surface area (Å²) in [5.41, 5.74) is 3.57. The van der Waals surface area contributed by atoms with Gasteiger partial charge in [-0.25, -0.2) is 8.42 Å². The van der Waals surface area contributed by atoms with E-state index in [1.807, 2.05) is 63.2 Å². The number of anilines is 1. The minimum Gasteiger partial charge on any atom is -0.352 e. The van der Waals surface area contributed by atoms with E-state index in [0.29, 0.717) is 25.1 Å². The largest absolute Gasteiger partial charge is 0.352 e. The van der Waals surface area contributed by atoms with Crippen molar-refractivity contribution in [2.24, 2.45) is 0 Å². The van der Waals surface area contributed by atoms with Crippen molar-refractivity contribution in [2.45, 2.75) is 84.3 Å². The van der Waals surface area contributed by atoms with E-state index in [-0.39, 0.29) is 30.8 Å². The average molecular weight is 528 g/mol. The molecule has 2 aromatic carbocycles. The van der Waals surface area contributed by atoms with Crippen molar-refractivity contribution in [3.63, 3.8) is 0 Å². The van der Waals surface area contributed by atoms with Crippen LogP contribution < -0.4 is 9.62 Å². The first-order valence-electron chi connectivity index (χ1n) is 13.3. The fourth-order valence-corrected chi connectivity index (χ4v) is 6.03. The number of benzene rings is 2. The zero-order chi connectivity index (χ0) is 27.0. The molecule has 0 aromatic heterocycles. The lowest BCUT2D eigenvalue weighted by Crippen LogP contribution is -2.51. The number of hydrogen-bond acceptors (Lipinski definition) is 4. The number of amides is 2. The van der Waals surface area contributed by atoms with Gasteiger partial charge in [-0.05, 0) is 56.7 Å². The van der Waals surface area contributed by atoms with E-state index >= 15 is 0 Å². The van der Waals surface area contributed by atoms with Crippen molar-refractivity contribution in [2.75, 3.05) is 17.1 Å². The Morgan fingerprint density at radius 3 is 2.27 bits per heavy atom. The first kappa shape index (κ1) is 28.7. The van der Waals surface area contributed by atoms with E-state index in [4.69, 9.17) is 0 Å². The lowest BCUT2D eigenvalue weighted by atomic mass is 10.1. The molecule has 3 rings (SSSR count). The third-order valence-electron chi connectivity index (χ3n) is 7.10. The SMILES string of the molecule is CC[C@H](C(=O)NC1CCCC1)N(Cc1ccc(C)cc1)C(=O)CCCN(c1ccccc1C)S(C)(=O)=O. The van der Waals surface area contributed by atoms with Gasteiger partial charge in [0.1, 0.15) is 6.04 Å². The van der Waals surface area contributed by atoms with Crippen molar-refractivity contribution < 1.29 is 18.0 Å². The van der Waals surface area contributed by atoms with Crippen LogP contribution in [0.2, 0.25) is 0 Å². The van der Waals surface area contributed by atoms with Crippen LogP contribution in [0, 0.1) is 13.8 Å². The maximum Gasteiger partial charge on any atom is 0.243 e. The first-order chi connectivity index (χ1) is 17.6. The molecule has 2 amide bonds. The maximum atomic E-state index is 13.6. The molecule has 0 saturated heterocycles. The van der Waals surface area contributed by atoms with E-state index < -0.39 is 16.1 Å². The molecule has 0 heterocycles. The van der Waals surface area contributed by atoms with E-state index in [0.717, 1.165) is 42.4 Å². The van der Waals surface area contributed by atoms with E-state index in [1.54, 1.807) is 11.0 Å². The van der Waals surface area contributed by atoms with Gasteiger partial charge in [-0.2, -0.15) is 0 Å². The van der Waals surface area contributed by atoms with Crippen molar-refractivity contribution >= 4 is 27.5 Å². The van der Waals surface area contributed by atoms with Crippen LogP contribution in [0.15, 0.2) is 48.5 Å². The smallest absolute Gasteiger partial charge is 0.243 e. The van der Waals surface area contributed by atoms with E-state index in [2.05, 4.69) is 5.32 Å². The molecular formula is C29H41N3O4S. The number of hydrogen-bond donors (Lipinski definition) is 1. The fraction of sp³-hybridized carbons (Fsp3) is 0.517. The Kier molecular flexibility index (Phi) is 10.1. The minimum atomic E-state index is -3.51. The number of carbonyl (C=O) groups excluding carboxylic acids is 2. The summed E-state index contributed by atoms with van der Waals surface area (Å²) < 4.78 is 26.5. The molecule has 8 heteroatoms. The second kappa shape index (κ2) is 13.1. The Balaban J connectivity index is 1.76. The predicted molar refractivity (Wildman–Crippen MR) is 149 cm³/mol. The van der Waals surface area contributed by atoms with Gasteiger partial charge in [0.15, 0.2) is 0 Å². The second-order valence-corrected chi connectivity index (χ2v) is 12.1. The van der Waals surface area contributed by atoms with E-state index in [1.165, 1.54) is 10.6 Å². The highest BCUT2D eigenvalue weighted by Crippen LogP contribution is 2.23. The number of aryl methyl sites for hydroxylation is 2. The lowest BCUT2D eigenvalue weighted by molar-refractivity contribution is -0.141. The summed E-state index contributed by atoms with van der Waals surface area (Å²) in [7, 11) is -3.51. The fourth-order valence-electron chi connectivity index (χ4n) is 5.00. The zero-order valence-corrected chi connectivity index (χ0v) is 23.4.